The number of nitrogens with zero attached hydrogens (tertiary/aromatic N) is 4. The average molecular weight is 358 g/mol. The average Bonchev–Trinajstić information content (AvgIpc) is 3.12. The van der Waals surface area contributed by atoms with Gasteiger partial charge in [-0.1, -0.05) is 0 Å². The SMILES string of the molecule is COC(=O)c1coc(CN2CCC3(CC2)OCCc2cnc(C)nc23)n1. The van der Waals surface area contributed by atoms with Crippen LogP contribution in [0.1, 0.15) is 46.3 Å². The zero-order chi connectivity index (χ0) is 18.1. The van der Waals surface area contributed by atoms with Crippen molar-refractivity contribution >= 4 is 5.97 Å². The van der Waals surface area contributed by atoms with Crippen LogP contribution < -0.4 is 0 Å². The molecule has 2 aliphatic heterocycles. The standard InChI is InChI=1S/C18H22N4O4/c1-12-19-9-13-3-8-26-18(16(13)20-12)4-6-22(7-5-18)10-15-21-14(11-25-15)17(23)24-2/h9,11H,3-8,10H2,1-2H3. The second kappa shape index (κ2) is 6.77. The van der Waals surface area contributed by atoms with Crippen molar-refractivity contribution in [1.82, 2.24) is 19.9 Å². The lowest BCUT2D eigenvalue weighted by Crippen LogP contribution is -2.47. The molecule has 0 aliphatic carbocycles. The van der Waals surface area contributed by atoms with Crippen molar-refractivity contribution in [3.05, 3.63) is 41.1 Å². The maximum Gasteiger partial charge on any atom is 0.360 e. The van der Waals surface area contributed by atoms with Gasteiger partial charge in [0.05, 0.1) is 26.0 Å². The van der Waals surface area contributed by atoms with Crippen LogP contribution >= 0.6 is 0 Å². The number of piperidine rings is 1. The Morgan fingerprint density at radius 1 is 1.35 bits per heavy atom. The highest BCUT2D eigenvalue weighted by Gasteiger charge is 2.42. The molecule has 1 fully saturated rings. The molecule has 8 nitrogen and oxygen atoms in total. The van der Waals surface area contributed by atoms with E-state index in [1.807, 2.05) is 13.1 Å². The number of hydrogen-bond donors (Lipinski definition) is 0. The zero-order valence-corrected chi connectivity index (χ0v) is 15.0. The summed E-state index contributed by atoms with van der Waals surface area (Å²) >= 11 is 0. The number of esters is 1. The van der Waals surface area contributed by atoms with Crippen LogP contribution in [0.4, 0.5) is 0 Å². The summed E-state index contributed by atoms with van der Waals surface area (Å²) in [6.45, 7) is 4.88. The van der Waals surface area contributed by atoms with E-state index in [-0.39, 0.29) is 11.3 Å². The van der Waals surface area contributed by atoms with E-state index in [9.17, 15) is 4.79 Å². The van der Waals surface area contributed by atoms with Gasteiger partial charge in [-0.05, 0) is 31.7 Å². The largest absolute Gasteiger partial charge is 0.464 e. The van der Waals surface area contributed by atoms with Crippen molar-refractivity contribution in [2.45, 2.75) is 38.3 Å². The zero-order valence-electron chi connectivity index (χ0n) is 15.0. The molecule has 0 saturated carbocycles. The van der Waals surface area contributed by atoms with Gasteiger partial charge in [0.1, 0.15) is 17.7 Å². The molecule has 4 heterocycles. The minimum Gasteiger partial charge on any atom is -0.464 e. The molecule has 0 bridgehead atoms. The van der Waals surface area contributed by atoms with Gasteiger partial charge >= 0.3 is 5.97 Å². The molecule has 0 aromatic carbocycles. The van der Waals surface area contributed by atoms with Gasteiger partial charge < -0.3 is 13.9 Å². The highest BCUT2D eigenvalue weighted by molar-refractivity contribution is 5.86. The first-order chi connectivity index (χ1) is 12.6. The summed E-state index contributed by atoms with van der Waals surface area (Å²) in [6.07, 6.45) is 5.87. The van der Waals surface area contributed by atoms with Crippen molar-refractivity contribution in [3.63, 3.8) is 0 Å². The highest BCUT2D eigenvalue weighted by Crippen LogP contribution is 2.40. The summed E-state index contributed by atoms with van der Waals surface area (Å²) in [5.41, 5.74) is 2.14. The topological polar surface area (TPSA) is 90.6 Å². The van der Waals surface area contributed by atoms with Gasteiger partial charge in [-0.25, -0.2) is 19.7 Å². The van der Waals surface area contributed by atoms with Crippen LogP contribution in [0, 0.1) is 6.92 Å². The molecule has 0 radical (unpaired) electrons. The second-order valence-corrected chi connectivity index (χ2v) is 6.78. The number of oxazole rings is 1. The quantitative estimate of drug-likeness (QED) is 0.765. The van der Waals surface area contributed by atoms with Gasteiger partial charge in [-0.2, -0.15) is 0 Å². The second-order valence-electron chi connectivity index (χ2n) is 6.78. The van der Waals surface area contributed by atoms with E-state index in [0.29, 0.717) is 19.0 Å². The highest BCUT2D eigenvalue weighted by atomic mass is 16.5. The van der Waals surface area contributed by atoms with Crippen molar-refractivity contribution in [1.29, 1.82) is 0 Å². The Balaban J connectivity index is 1.44. The fourth-order valence-electron chi connectivity index (χ4n) is 3.72. The lowest BCUT2D eigenvalue weighted by atomic mass is 9.83. The van der Waals surface area contributed by atoms with Crippen LogP contribution in [0.3, 0.4) is 0 Å². The molecular weight excluding hydrogens is 336 g/mol. The number of carbonyl (C=O) groups is 1. The molecule has 1 saturated heterocycles. The number of hydrogen-bond acceptors (Lipinski definition) is 8. The maximum atomic E-state index is 11.5. The predicted molar refractivity (Wildman–Crippen MR) is 90.5 cm³/mol. The van der Waals surface area contributed by atoms with Crippen LogP contribution in [0.15, 0.2) is 16.9 Å². The summed E-state index contributed by atoms with van der Waals surface area (Å²) < 4.78 is 16.3. The van der Waals surface area contributed by atoms with E-state index in [0.717, 1.165) is 43.9 Å². The Bertz CT molecular complexity index is 811. The number of likely N-dealkylation sites (tertiary alicyclic amines) is 1. The molecule has 1 spiro atoms. The lowest BCUT2D eigenvalue weighted by molar-refractivity contribution is -0.103. The van der Waals surface area contributed by atoms with E-state index in [1.54, 1.807) is 0 Å². The molecular formula is C18H22N4O4. The fraction of sp³-hybridized carbons (Fsp3) is 0.556. The predicted octanol–water partition coefficient (Wildman–Crippen LogP) is 1.62. The third-order valence-corrected chi connectivity index (χ3v) is 5.14. The lowest BCUT2D eigenvalue weighted by Gasteiger charge is -2.43. The number of rotatable bonds is 3. The van der Waals surface area contributed by atoms with E-state index in [2.05, 4.69) is 19.6 Å². The molecule has 0 N–H and O–H groups in total. The van der Waals surface area contributed by atoms with Crippen molar-refractivity contribution in [2.75, 3.05) is 26.8 Å². The number of fused-ring (bicyclic) bond motifs is 2. The van der Waals surface area contributed by atoms with Crippen molar-refractivity contribution in [3.8, 4) is 0 Å². The van der Waals surface area contributed by atoms with E-state index >= 15 is 0 Å². The first kappa shape index (κ1) is 17.1. The molecule has 4 rings (SSSR count). The first-order valence-corrected chi connectivity index (χ1v) is 8.82. The molecule has 0 unspecified atom stereocenters. The van der Waals surface area contributed by atoms with Crippen LogP contribution in [0.5, 0.6) is 0 Å². The molecule has 0 atom stereocenters. The van der Waals surface area contributed by atoms with Crippen molar-refractivity contribution < 1.29 is 18.7 Å². The fourth-order valence-corrected chi connectivity index (χ4v) is 3.72. The number of carbonyl (C=O) groups excluding carboxylic acids is 1. The Labute approximate surface area is 151 Å². The maximum absolute atomic E-state index is 11.5. The number of aromatic nitrogens is 3. The Morgan fingerprint density at radius 2 is 2.15 bits per heavy atom. The van der Waals surface area contributed by atoms with Crippen LogP contribution in [-0.2, 0) is 28.0 Å². The van der Waals surface area contributed by atoms with Gasteiger partial charge in [0.2, 0.25) is 5.89 Å². The summed E-state index contributed by atoms with van der Waals surface area (Å²) in [4.78, 5) is 26.9. The van der Waals surface area contributed by atoms with Crippen LogP contribution in [-0.4, -0.2) is 52.6 Å². The molecule has 138 valence electrons. The molecule has 2 aromatic heterocycles. The van der Waals surface area contributed by atoms with Crippen LogP contribution in [0.2, 0.25) is 0 Å². The molecule has 8 heteroatoms. The summed E-state index contributed by atoms with van der Waals surface area (Å²) in [5, 5.41) is 0. The monoisotopic (exact) mass is 358 g/mol. The minimum atomic E-state index is -0.486. The van der Waals surface area contributed by atoms with Gasteiger partial charge in [0.15, 0.2) is 5.69 Å². The van der Waals surface area contributed by atoms with Gasteiger partial charge in [-0.3, -0.25) is 4.90 Å². The van der Waals surface area contributed by atoms with Gasteiger partial charge in [0.25, 0.3) is 0 Å². The number of ether oxygens (including phenoxy) is 2. The third-order valence-electron chi connectivity index (χ3n) is 5.14. The number of aryl methyl sites for hydroxylation is 1. The summed E-state index contributed by atoms with van der Waals surface area (Å²) in [5.74, 6) is 0.815. The Kier molecular flexibility index (Phi) is 4.46. The molecule has 2 aromatic rings. The van der Waals surface area contributed by atoms with Gasteiger partial charge in [-0.15, -0.1) is 0 Å². The third kappa shape index (κ3) is 3.10. The minimum absolute atomic E-state index is 0.202. The Hall–Kier alpha value is -2.32. The van der Waals surface area contributed by atoms with E-state index in [1.165, 1.54) is 18.9 Å². The number of methoxy groups -OCH3 is 1. The molecule has 26 heavy (non-hydrogen) atoms. The van der Waals surface area contributed by atoms with Crippen molar-refractivity contribution in [2.24, 2.45) is 0 Å². The van der Waals surface area contributed by atoms with Gasteiger partial charge in [0, 0.05) is 19.3 Å². The molecule has 0 amide bonds. The smallest absolute Gasteiger partial charge is 0.360 e. The normalized spacial score (nSPS) is 19.3. The van der Waals surface area contributed by atoms with Crippen LogP contribution in [0.25, 0.3) is 0 Å². The summed E-state index contributed by atoms with van der Waals surface area (Å²) in [7, 11) is 1.33. The Morgan fingerprint density at radius 3 is 2.92 bits per heavy atom. The van der Waals surface area contributed by atoms with E-state index in [4.69, 9.17) is 14.1 Å². The van der Waals surface area contributed by atoms with E-state index < -0.39 is 5.97 Å². The first-order valence-electron chi connectivity index (χ1n) is 8.82. The summed E-state index contributed by atoms with van der Waals surface area (Å²) in [6, 6.07) is 0. The molecule has 2 aliphatic rings.